The van der Waals surface area contributed by atoms with Gasteiger partial charge in [-0.2, -0.15) is 0 Å². The van der Waals surface area contributed by atoms with Crippen LogP contribution in [0.1, 0.15) is 55.1 Å². The standard InChI is InChI=1S/C30H37N5O3/c1-19-14-20(2)16-21(15-19)24-17-32-18-26(34-28(36)23-8-6-7-9-25(23)31)27(24)35-12-10-22(11-13-35)33-29(37)38-30(3,4)5/h6-9,14-18,22H,10-13,31H2,1-5H3,(H,33,37)(H,34,36). The Balaban J connectivity index is 1.64. The van der Waals surface area contributed by atoms with Crippen molar-refractivity contribution in [1.29, 1.82) is 0 Å². The first-order valence-electron chi connectivity index (χ1n) is 13.0. The van der Waals surface area contributed by atoms with Crippen molar-refractivity contribution < 1.29 is 14.3 Å². The molecule has 0 aliphatic carbocycles. The normalized spacial score (nSPS) is 14.2. The Morgan fingerprint density at radius 3 is 2.32 bits per heavy atom. The molecule has 0 atom stereocenters. The summed E-state index contributed by atoms with van der Waals surface area (Å²) in [5.74, 6) is -0.287. The average Bonchev–Trinajstić information content (AvgIpc) is 2.83. The maximum absolute atomic E-state index is 13.2. The minimum absolute atomic E-state index is 0.00904. The third-order valence-electron chi connectivity index (χ3n) is 6.44. The highest BCUT2D eigenvalue weighted by Crippen LogP contribution is 2.39. The van der Waals surface area contributed by atoms with E-state index in [4.69, 9.17) is 10.5 Å². The maximum atomic E-state index is 13.2. The highest BCUT2D eigenvalue weighted by molar-refractivity contribution is 6.10. The Morgan fingerprint density at radius 2 is 1.68 bits per heavy atom. The molecule has 4 rings (SSSR count). The van der Waals surface area contributed by atoms with Crippen molar-refractivity contribution >= 4 is 29.1 Å². The van der Waals surface area contributed by atoms with Gasteiger partial charge >= 0.3 is 6.09 Å². The van der Waals surface area contributed by atoms with Crippen molar-refractivity contribution in [1.82, 2.24) is 10.3 Å². The zero-order chi connectivity index (χ0) is 27.4. The van der Waals surface area contributed by atoms with Gasteiger partial charge in [0.25, 0.3) is 5.91 Å². The molecule has 1 aliphatic heterocycles. The summed E-state index contributed by atoms with van der Waals surface area (Å²) in [6, 6.07) is 13.4. The lowest BCUT2D eigenvalue weighted by atomic mass is 9.97. The van der Waals surface area contributed by atoms with Crippen molar-refractivity contribution in [2.75, 3.05) is 29.0 Å². The predicted molar refractivity (Wildman–Crippen MR) is 153 cm³/mol. The lowest BCUT2D eigenvalue weighted by Crippen LogP contribution is -2.46. The molecule has 1 saturated heterocycles. The minimum atomic E-state index is -0.544. The summed E-state index contributed by atoms with van der Waals surface area (Å²) in [5.41, 5.74) is 12.2. The van der Waals surface area contributed by atoms with Gasteiger partial charge in [0.1, 0.15) is 5.60 Å². The predicted octanol–water partition coefficient (Wildman–Crippen LogP) is 5.69. The van der Waals surface area contributed by atoms with Crippen LogP contribution in [0.2, 0.25) is 0 Å². The van der Waals surface area contributed by atoms with Crippen LogP contribution < -0.4 is 21.3 Å². The molecule has 0 bridgehead atoms. The van der Waals surface area contributed by atoms with Crippen LogP contribution in [-0.2, 0) is 4.74 Å². The summed E-state index contributed by atoms with van der Waals surface area (Å²) in [4.78, 5) is 32.3. The Kier molecular flexibility index (Phi) is 7.90. The van der Waals surface area contributed by atoms with Crippen molar-refractivity contribution in [2.24, 2.45) is 0 Å². The van der Waals surface area contributed by atoms with Crippen LogP contribution in [0, 0.1) is 13.8 Å². The monoisotopic (exact) mass is 515 g/mol. The van der Waals surface area contributed by atoms with E-state index in [1.54, 1.807) is 30.5 Å². The molecule has 38 heavy (non-hydrogen) atoms. The van der Waals surface area contributed by atoms with Gasteiger partial charge in [0.05, 0.1) is 23.1 Å². The summed E-state index contributed by atoms with van der Waals surface area (Å²) in [5, 5.41) is 6.06. The Bertz CT molecular complexity index is 1300. The summed E-state index contributed by atoms with van der Waals surface area (Å²) >= 11 is 0. The smallest absolute Gasteiger partial charge is 0.407 e. The Hall–Kier alpha value is -4.07. The van der Waals surface area contributed by atoms with Crippen molar-refractivity contribution in [2.45, 2.75) is 59.1 Å². The number of carbonyl (C=O) groups is 2. The molecule has 2 heterocycles. The van der Waals surface area contributed by atoms with Crippen molar-refractivity contribution in [3.8, 4) is 11.1 Å². The number of pyridine rings is 1. The Labute approximate surface area is 224 Å². The van der Waals surface area contributed by atoms with E-state index in [2.05, 4.69) is 52.6 Å². The van der Waals surface area contributed by atoms with Gasteiger partial charge in [0.2, 0.25) is 0 Å². The van der Waals surface area contributed by atoms with E-state index in [1.165, 1.54) is 0 Å². The molecular formula is C30H37N5O3. The zero-order valence-electron chi connectivity index (χ0n) is 22.8. The maximum Gasteiger partial charge on any atom is 0.407 e. The molecule has 1 aromatic heterocycles. The third kappa shape index (κ3) is 6.62. The van der Waals surface area contributed by atoms with E-state index >= 15 is 0 Å². The van der Waals surface area contributed by atoms with E-state index in [1.807, 2.05) is 27.0 Å². The number of ether oxygens (including phenoxy) is 1. The number of rotatable bonds is 5. The molecule has 1 fully saturated rings. The lowest BCUT2D eigenvalue weighted by molar-refractivity contribution is 0.0497. The summed E-state index contributed by atoms with van der Waals surface area (Å²) in [6.07, 6.45) is 4.62. The molecule has 1 aliphatic rings. The fraction of sp³-hybridized carbons (Fsp3) is 0.367. The van der Waals surface area contributed by atoms with Gasteiger partial charge in [-0.1, -0.05) is 41.5 Å². The Morgan fingerprint density at radius 1 is 1.03 bits per heavy atom. The van der Waals surface area contributed by atoms with Crippen LogP contribution in [0.25, 0.3) is 11.1 Å². The first kappa shape index (κ1) is 27.0. The van der Waals surface area contributed by atoms with Gasteiger partial charge in [-0.05, 0) is 65.2 Å². The molecule has 200 valence electrons. The molecular weight excluding hydrogens is 478 g/mol. The molecule has 2 aromatic carbocycles. The number of amides is 2. The molecule has 2 amide bonds. The largest absolute Gasteiger partial charge is 0.444 e. The molecule has 8 heteroatoms. The van der Waals surface area contributed by atoms with Gasteiger partial charge < -0.3 is 26.0 Å². The number of para-hydroxylation sites is 1. The van der Waals surface area contributed by atoms with Crippen LogP contribution in [-0.4, -0.2) is 41.7 Å². The number of nitrogens with one attached hydrogen (secondary N) is 2. The van der Waals surface area contributed by atoms with Crippen LogP contribution in [0.15, 0.2) is 54.9 Å². The average molecular weight is 516 g/mol. The number of alkyl carbamates (subject to hydrolysis) is 1. The summed E-state index contributed by atoms with van der Waals surface area (Å²) in [7, 11) is 0. The number of carbonyl (C=O) groups excluding carboxylic acids is 2. The van der Waals surface area contributed by atoms with Gasteiger partial charge in [-0.15, -0.1) is 0 Å². The topological polar surface area (TPSA) is 110 Å². The van der Waals surface area contributed by atoms with Gasteiger partial charge in [-0.25, -0.2) is 4.79 Å². The summed E-state index contributed by atoms with van der Waals surface area (Å²) in [6.45, 7) is 11.1. The number of hydrogen-bond donors (Lipinski definition) is 3. The molecule has 8 nitrogen and oxygen atoms in total. The van der Waals surface area contributed by atoms with Crippen LogP contribution >= 0.6 is 0 Å². The molecule has 0 unspecified atom stereocenters. The van der Waals surface area contributed by atoms with E-state index < -0.39 is 11.7 Å². The second-order valence-corrected chi connectivity index (χ2v) is 10.9. The fourth-order valence-electron chi connectivity index (χ4n) is 4.84. The second kappa shape index (κ2) is 11.1. The highest BCUT2D eigenvalue weighted by atomic mass is 16.6. The molecule has 4 N–H and O–H groups in total. The SMILES string of the molecule is Cc1cc(C)cc(-c2cncc(NC(=O)c3ccccc3N)c2N2CCC(NC(=O)OC(C)(C)C)CC2)c1. The number of nitrogen functional groups attached to an aromatic ring is 1. The first-order valence-corrected chi connectivity index (χ1v) is 13.0. The number of nitrogens with zero attached hydrogens (tertiary/aromatic N) is 2. The molecule has 0 radical (unpaired) electrons. The van der Waals surface area contributed by atoms with Gasteiger partial charge in [-0.3, -0.25) is 9.78 Å². The second-order valence-electron chi connectivity index (χ2n) is 10.9. The number of nitrogens with two attached hydrogens (primary N) is 1. The van der Waals surface area contributed by atoms with E-state index in [0.717, 1.165) is 40.8 Å². The van der Waals surface area contributed by atoms with Crippen LogP contribution in [0.5, 0.6) is 0 Å². The minimum Gasteiger partial charge on any atom is -0.444 e. The quantitative estimate of drug-likeness (QED) is 0.377. The van der Waals surface area contributed by atoms with Crippen molar-refractivity contribution in [3.63, 3.8) is 0 Å². The van der Waals surface area contributed by atoms with Crippen molar-refractivity contribution in [3.05, 3.63) is 71.5 Å². The number of hydrogen-bond acceptors (Lipinski definition) is 6. The number of anilines is 3. The van der Waals surface area contributed by atoms with E-state index in [9.17, 15) is 9.59 Å². The third-order valence-corrected chi connectivity index (χ3v) is 6.44. The molecule has 3 aromatic rings. The van der Waals surface area contributed by atoms with Crippen LogP contribution in [0.4, 0.5) is 21.9 Å². The number of benzene rings is 2. The highest BCUT2D eigenvalue weighted by Gasteiger charge is 2.27. The fourth-order valence-corrected chi connectivity index (χ4v) is 4.84. The lowest BCUT2D eigenvalue weighted by Gasteiger charge is -2.36. The van der Waals surface area contributed by atoms with Gasteiger partial charge in [0, 0.05) is 36.6 Å². The van der Waals surface area contributed by atoms with E-state index in [-0.39, 0.29) is 11.9 Å². The number of piperidine rings is 1. The molecule has 0 spiro atoms. The van der Waals surface area contributed by atoms with Crippen LogP contribution in [0.3, 0.4) is 0 Å². The number of aromatic nitrogens is 1. The number of aryl methyl sites for hydroxylation is 2. The first-order chi connectivity index (χ1) is 18.0. The molecule has 0 saturated carbocycles. The van der Waals surface area contributed by atoms with Gasteiger partial charge in [0.15, 0.2) is 0 Å². The summed E-state index contributed by atoms with van der Waals surface area (Å²) < 4.78 is 5.44. The van der Waals surface area contributed by atoms with E-state index in [0.29, 0.717) is 30.0 Å². The zero-order valence-corrected chi connectivity index (χ0v) is 22.8.